The van der Waals surface area contributed by atoms with Crippen molar-refractivity contribution in [1.29, 1.82) is 0 Å². The van der Waals surface area contributed by atoms with Crippen molar-refractivity contribution in [3.63, 3.8) is 0 Å². The van der Waals surface area contributed by atoms with Gasteiger partial charge in [-0.2, -0.15) is 0 Å². The molecule has 7 nitrogen and oxygen atoms in total. The molecule has 156 valence electrons. The van der Waals surface area contributed by atoms with Gasteiger partial charge in [0.25, 0.3) is 11.7 Å². The van der Waals surface area contributed by atoms with Gasteiger partial charge >= 0.3 is 0 Å². The molecule has 2 fully saturated rings. The number of carbonyl (C=O) groups excluding carboxylic acids is 2. The fourth-order valence-electron chi connectivity index (χ4n) is 4.04. The smallest absolute Gasteiger partial charge is 0.295 e. The number of benzene rings is 1. The number of Topliss-reactive ketones (excluding diaryl/α,β-unsaturated/α-hetero) is 1. The molecule has 2 aromatic rings. The molecular weight excluding hydrogens is 382 g/mol. The molecule has 1 amide bonds. The number of pyridine rings is 1. The summed E-state index contributed by atoms with van der Waals surface area (Å²) in [6.45, 7) is 4.43. The third-order valence-electron chi connectivity index (χ3n) is 5.56. The minimum atomic E-state index is -0.656. The number of amides is 1. The van der Waals surface area contributed by atoms with Crippen LogP contribution in [0.3, 0.4) is 0 Å². The largest absolute Gasteiger partial charge is 0.507 e. The number of hydrogen-bond donors (Lipinski definition) is 1. The van der Waals surface area contributed by atoms with Crippen LogP contribution in [0, 0.1) is 0 Å². The minimum absolute atomic E-state index is 0.116. The Labute approximate surface area is 175 Å². The van der Waals surface area contributed by atoms with Gasteiger partial charge in [-0.1, -0.05) is 36.4 Å². The summed E-state index contributed by atoms with van der Waals surface area (Å²) >= 11 is 0. The third-order valence-corrected chi connectivity index (χ3v) is 5.56. The Morgan fingerprint density at radius 3 is 2.53 bits per heavy atom. The highest BCUT2D eigenvalue weighted by Gasteiger charge is 2.45. The monoisotopic (exact) mass is 407 g/mol. The molecule has 0 bridgehead atoms. The molecule has 0 saturated carbocycles. The molecule has 30 heavy (non-hydrogen) atoms. The van der Waals surface area contributed by atoms with Crippen LogP contribution in [0.5, 0.6) is 0 Å². The van der Waals surface area contributed by atoms with Crippen molar-refractivity contribution in [2.75, 3.05) is 39.4 Å². The van der Waals surface area contributed by atoms with Crippen molar-refractivity contribution in [3.05, 3.63) is 71.6 Å². The number of aromatic nitrogens is 1. The molecule has 1 aromatic carbocycles. The summed E-state index contributed by atoms with van der Waals surface area (Å²) in [4.78, 5) is 33.8. The molecule has 0 unspecified atom stereocenters. The Balaban J connectivity index is 1.63. The van der Waals surface area contributed by atoms with Gasteiger partial charge in [-0.05, 0) is 18.1 Å². The molecule has 7 heteroatoms. The number of rotatable bonds is 6. The first-order chi connectivity index (χ1) is 14.7. The second kappa shape index (κ2) is 9.19. The lowest BCUT2D eigenvalue weighted by Gasteiger charge is -2.29. The Morgan fingerprint density at radius 1 is 1.07 bits per heavy atom. The van der Waals surface area contributed by atoms with Crippen LogP contribution >= 0.6 is 0 Å². The van der Waals surface area contributed by atoms with E-state index >= 15 is 0 Å². The van der Waals surface area contributed by atoms with E-state index in [0.29, 0.717) is 17.7 Å². The van der Waals surface area contributed by atoms with E-state index in [1.54, 1.807) is 47.6 Å². The lowest BCUT2D eigenvalue weighted by molar-refractivity contribution is -0.140. The van der Waals surface area contributed by atoms with Crippen LogP contribution in [0.2, 0.25) is 0 Å². The average molecular weight is 407 g/mol. The molecular formula is C23H25N3O4. The summed E-state index contributed by atoms with van der Waals surface area (Å²) in [6, 6.07) is 11.8. The van der Waals surface area contributed by atoms with E-state index in [1.807, 2.05) is 12.1 Å². The lowest BCUT2D eigenvalue weighted by atomic mass is 9.96. The second-order valence-corrected chi connectivity index (χ2v) is 7.45. The van der Waals surface area contributed by atoms with Crippen LogP contribution in [0.4, 0.5) is 0 Å². The Kier molecular flexibility index (Phi) is 6.21. The first-order valence-electron chi connectivity index (χ1n) is 10.2. The fourth-order valence-corrected chi connectivity index (χ4v) is 4.04. The molecule has 3 heterocycles. The second-order valence-electron chi connectivity index (χ2n) is 7.45. The van der Waals surface area contributed by atoms with Crippen LogP contribution in [-0.2, 0) is 14.3 Å². The van der Waals surface area contributed by atoms with Crippen molar-refractivity contribution in [3.8, 4) is 0 Å². The Hall–Kier alpha value is -3.03. The van der Waals surface area contributed by atoms with Gasteiger partial charge in [0.15, 0.2) is 0 Å². The molecule has 4 rings (SSSR count). The molecule has 0 radical (unpaired) electrons. The van der Waals surface area contributed by atoms with Crippen molar-refractivity contribution in [2.24, 2.45) is 0 Å². The fraction of sp³-hybridized carbons (Fsp3) is 0.348. The van der Waals surface area contributed by atoms with Crippen LogP contribution in [0.15, 0.2) is 60.4 Å². The average Bonchev–Trinajstić information content (AvgIpc) is 3.05. The van der Waals surface area contributed by atoms with Gasteiger partial charge in [-0.15, -0.1) is 0 Å². The zero-order valence-electron chi connectivity index (χ0n) is 16.7. The summed E-state index contributed by atoms with van der Waals surface area (Å²) in [7, 11) is 0. The Morgan fingerprint density at radius 2 is 1.83 bits per heavy atom. The van der Waals surface area contributed by atoms with E-state index in [9.17, 15) is 14.7 Å². The van der Waals surface area contributed by atoms with Gasteiger partial charge in [0.2, 0.25) is 0 Å². The molecule has 0 aliphatic carbocycles. The predicted octanol–water partition coefficient (Wildman–Crippen LogP) is 2.23. The number of ketones is 1. The molecule has 2 saturated heterocycles. The van der Waals surface area contributed by atoms with Gasteiger partial charge in [0, 0.05) is 44.1 Å². The van der Waals surface area contributed by atoms with Gasteiger partial charge in [-0.25, -0.2) is 0 Å². The number of carbonyl (C=O) groups is 2. The number of hydrogen-bond acceptors (Lipinski definition) is 6. The minimum Gasteiger partial charge on any atom is -0.507 e. The maximum atomic E-state index is 12.9. The van der Waals surface area contributed by atoms with E-state index in [4.69, 9.17) is 4.74 Å². The van der Waals surface area contributed by atoms with Gasteiger partial charge in [-0.3, -0.25) is 19.5 Å². The van der Waals surface area contributed by atoms with Crippen molar-refractivity contribution < 1.29 is 19.4 Å². The highest BCUT2D eigenvalue weighted by Crippen LogP contribution is 2.39. The standard InChI is InChI=1S/C23H25N3O4/c27-21(17-6-2-1-3-7-17)19-20(18-8-4-9-24-16-18)26(23(29)22(19)28)11-5-10-25-12-14-30-15-13-25/h1-4,6-9,16,20,27H,5,10-15H2/t20-/m0/s1. The highest BCUT2D eigenvalue weighted by atomic mass is 16.5. The van der Waals surface area contributed by atoms with Gasteiger partial charge < -0.3 is 14.7 Å². The van der Waals surface area contributed by atoms with Crippen molar-refractivity contribution in [2.45, 2.75) is 12.5 Å². The topological polar surface area (TPSA) is 83.0 Å². The van der Waals surface area contributed by atoms with E-state index in [2.05, 4.69) is 9.88 Å². The summed E-state index contributed by atoms with van der Waals surface area (Å²) in [6.07, 6.45) is 4.02. The van der Waals surface area contributed by atoms with Crippen LogP contribution in [-0.4, -0.2) is 71.0 Å². The number of morpholine rings is 1. The summed E-state index contributed by atoms with van der Waals surface area (Å²) in [5.41, 5.74) is 1.34. The third kappa shape index (κ3) is 4.13. The maximum absolute atomic E-state index is 12.9. The molecule has 2 aliphatic heterocycles. The molecule has 2 aliphatic rings. The number of nitrogens with zero attached hydrogens (tertiary/aromatic N) is 3. The summed E-state index contributed by atoms with van der Waals surface area (Å²) in [5, 5.41) is 10.9. The van der Waals surface area contributed by atoms with E-state index in [1.165, 1.54) is 0 Å². The molecule has 1 atom stereocenters. The van der Waals surface area contributed by atoms with Gasteiger partial charge in [0.1, 0.15) is 5.76 Å². The van der Waals surface area contributed by atoms with Gasteiger partial charge in [0.05, 0.1) is 24.8 Å². The first kappa shape index (κ1) is 20.3. The van der Waals surface area contributed by atoms with Crippen LogP contribution < -0.4 is 0 Å². The molecule has 0 spiro atoms. The zero-order chi connectivity index (χ0) is 20.9. The van der Waals surface area contributed by atoms with Crippen molar-refractivity contribution in [1.82, 2.24) is 14.8 Å². The Bertz CT molecular complexity index is 924. The number of ether oxygens (including phenoxy) is 1. The highest BCUT2D eigenvalue weighted by molar-refractivity contribution is 6.46. The number of likely N-dealkylation sites (tertiary alicyclic amines) is 1. The first-order valence-corrected chi connectivity index (χ1v) is 10.2. The lowest BCUT2D eigenvalue weighted by Crippen LogP contribution is -2.39. The normalized spacial score (nSPS) is 21.9. The van der Waals surface area contributed by atoms with E-state index in [0.717, 1.165) is 39.3 Å². The maximum Gasteiger partial charge on any atom is 0.295 e. The number of aliphatic hydroxyl groups excluding tert-OH is 1. The molecule has 1 N–H and O–H groups in total. The van der Waals surface area contributed by atoms with E-state index < -0.39 is 17.7 Å². The van der Waals surface area contributed by atoms with Crippen molar-refractivity contribution >= 4 is 17.4 Å². The van der Waals surface area contributed by atoms with Crippen LogP contribution in [0.25, 0.3) is 5.76 Å². The van der Waals surface area contributed by atoms with Crippen LogP contribution in [0.1, 0.15) is 23.6 Å². The summed E-state index contributed by atoms with van der Waals surface area (Å²) < 4.78 is 5.38. The quantitative estimate of drug-likeness (QED) is 0.449. The van der Waals surface area contributed by atoms with E-state index in [-0.39, 0.29) is 11.3 Å². The SMILES string of the molecule is O=C1C(=O)N(CCCN2CCOCC2)[C@@H](c2cccnc2)C1=C(O)c1ccccc1. The molecule has 1 aromatic heterocycles. The zero-order valence-corrected chi connectivity index (χ0v) is 16.7. The summed E-state index contributed by atoms with van der Waals surface area (Å²) in [5.74, 6) is -1.39. The number of aliphatic hydroxyl groups is 1. The predicted molar refractivity (Wildman–Crippen MR) is 112 cm³/mol.